The topological polar surface area (TPSA) is 111 Å². The molecule has 0 atom stereocenters. The maximum Gasteiger partial charge on any atom is 0.337 e. The summed E-state index contributed by atoms with van der Waals surface area (Å²) in [6.45, 7) is -0.359. The second kappa shape index (κ2) is 9.96. The average Bonchev–Trinajstić information content (AvgIpc) is 3.41. The van der Waals surface area contributed by atoms with E-state index in [0.717, 1.165) is 22.0 Å². The molecule has 9 nitrogen and oxygen atoms in total. The van der Waals surface area contributed by atoms with Crippen LogP contribution in [-0.4, -0.2) is 48.0 Å². The Bertz CT molecular complexity index is 1440. The lowest BCUT2D eigenvalue weighted by Gasteiger charge is -2.29. The van der Waals surface area contributed by atoms with Crippen LogP contribution in [0.15, 0.2) is 72.2 Å². The Labute approximate surface area is 210 Å². The molecule has 5 rings (SSSR count). The van der Waals surface area contributed by atoms with Gasteiger partial charge in [0.2, 0.25) is 5.91 Å². The first kappa shape index (κ1) is 23.2. The van der Waals surface area contributed by atoms with Crippen molar-refractivity contribution in [1.29, 1.82) is 0 Å². The summed E-state index contributed by atoms with van der Waals surface area (Å²) in [7, 11) is 1.30. The number of nitrogens with one attached hydrogen (secondary N) is 1. The summed E-state index contributed by atoms with van der Waals surface area (Å²) in [5, 5.41) is 5.45. The molecule has 2 amide bonds. The number of benzene rings is 2. The predicted molar refractivity (Wildman–Crippen MR) is 135 cm³/mol. The van der Waals surface area contributed by atoms with E-state index >= 15 is 0 Å². The fourth-order valence-corrected chi connectivity index (χ4v) is 4.50. The number of fused-ring (bicyclic) bond motifs is 1. The van der Waals surface area contributed by atoms with E-state index < -0.39 is 11.9 Å². The van der Waals surface area contributed by atoms with Crippen molar-refractivity contribution >= 4 is 40.5 Å². The number of carbonyl (C=O) groups is 3. The average molecular weight is 501 g/mol. The van der Waals surface area contributed by atoms with E-state index in [0.29, 0.717) is 22.7 Å². The maximum absolute atomic E-state index is 12.8. The van der Waals surface area contributed by atoms with E-state index in [1.165, 1.54) is 23.3 Å². The molecule has 0 saturated carbocycles. The number of anilines is 2. The zero-order chi connectivity index (χ0) is 25.1. The number of aromatic nitrogens is 2. The number of esters is 1. The number of pyridine rings is 1. The summed E-state index contributed by atoms with van der Waals surface area (Å²) in [5.41, 5.74) is 3.65. The molecule has 180 valence electrons. The highest BCUT2D eigenvalue weighted by atomic mass is 32.1. The minimum Gasteiger partial charge on any atom is -0.482 e. The highest BCUT2D eigenvalue weighted by Crippen LogP contribution is 2.37. The van der Waals surface area contributed by atoms with Crippen LogP contribution in [0.25, 0.3) is 22.0 Å². The van der Waals surface area contributed by atoms with Gasteiger partial charge >= 0.3 is 5.97 Å². The number of thiazole rings is 1. The van der Waals surface area contributed by atoms with Gasteiger partial charge < -0.3 is 14.8 Å². The van der Waals surface area contributed by atoms with Crippen molar-refractivity contribution in [2.45, 2.75) is 0 Å². The number of amides is 2. The Morgan fingerprint density at radius 1 is 1.11 bits per heavy atom. The molecule has 0 saturated heterocycles. The van der Waals surface area contributed by atoms with Crippen LogP contribution in [0.1, 0.15) is 10.4 Å². The summed E-state index contributed by atoms with van der Waals surface area (Å²) in [6, 6.07) is 17.4. The van der Waals surface area contributed by atoms with Gasteiger partial charge in [0, 0.05) is 22.8 Å². The normalized spacial score (nSPS) is 12.5. The van der Waals surface area contributed by atoms with Crippen LogP contribution in [0, 0.1) is 0 Å². The van der Waals surface area contributed by atoms with Crippen molar-refractivity contribution < 1.29 is 23.9 Å². The van der Waals surface area contributed by atoms with Crippen LogP contribution in [-0.2, 0) is 14.3 Å². The molecule has 1 aliphatic heterocycles. The zero-order valence-corrected chi connectivity index (χ0v) is 20.0. The van der Waals surface area contributed by atoms with Gasteiger partial charge in [-0.1, -0.05) is 6.07 Å². The number of methoxy groups -OCH3 is 1. The first-order valence-electron chi connectivity index (χ1n) is 10.9. The first-order chi connectivity index (χ1) is 17.5. The maximum atomic E-state index is 12.8. The van der Waals surface area contributed by atoms with E-state index in [9.17, 15) is 14.4 Å². The Kier molecular flexibility index (Phi) is 6.42. The highest BCUT2D eigenvalue weighted by molar-refractivity contribution is 7.13. The monoisotopic (exact) mass is 500 g/mol. The van der Waals surface area contributed by atoms with Crippen molar-refractivity contribution in [2.24, 2.45) is 0 Å². The lowest BCUT2D eigenvalue weighted by Crippen LogP contribution is -2.43. The smallest absolute Gasteiger partial charge is 0.337 e. The van der Waals surface area contributed by atoms with E-state index in [-0.39, 0.29) is 19.1 Å². The number of ether oxygens (including phenoxy) is 2. The lowest BCUT2D eigenvalue weighted by atomic mass is 10.1. The molecule has 36 heavy (non-hydrogen) atoms. The van der Waals surface area contributed by atoms with Crippen LogP contribution in [0.5, 0.6) is 5.75 Å². The van der Waals surface area contributed by atoms with Gasteiger partial charge in [0.05, 0.1) is 29.7 Å². The first-order valence-corrected chi connectivity index (χ1v) is 11.8. The van der Waals surface area contributed by atoms with Crippen molar-refractivity contribution in [1.82, 2.24) is 9.97 Å². The second-order valence-corrected chi connectivity index (χ2v) is 8.68. The van der Waals surface area contributed by atoms with Gasteiger partial charge in [-0.3, -0.25) is 19.5 Å². The van der Waals surface area contributed by atoms with Crippen LogP contribution >= 0.6 is 11.3 Å². The van der Waals surface area contributed by atoms with E-state index in [1.807, 2.05) is 29.6 Å². The van der Waals surface area contributed by atoms with Gasteiger partial charge in [-0.15, -0.1) is 11.3 Å². The third kappa shape index (κ3) is 4.80. The summed E-state index contributed by atoms with van der Waals surface area (Å²) in [4.78, 5) is 47.5. The van der Waals surface area contributed by atoms with E-state index in [4.69, 9.17) is 4.74 Å². The standard InChI is InChI=1S/C26H20N4O5S/c1-34-26(33)16-5-8-18(9-6-16)28-23(31)13-30-21-12-17(7-10-22(21)35-14-24(30)32)20-15-36-25(29-20)19-4-2-3-11-27-19/h2-12,15H,13-14H2,1H3,(H,28,31). The van der Waals surface area contributed by atoms with Gasteiger partial charge in [0.15, 0.2) is 6.61 Å². The van der Waals surface area contributed by atoms with Crippen molar-refractivity contribution in [3.63, 3.8) is 0 Å². The number of hydrogen-bond donors (Lipinski definition) is 1. The molecule has 4 aromatic rings. The SMILES string of the molecule is COC(=O)c1ccc(NC(=O)CN2C(=O)COc3ccc(-c4csc(-c5ccccn5)n4)cc32)cc1. The Balaban J connectivity index is 1.35. The third-order valence-electron chi connectivity index (χ3n) is 5.48. The van der Waals surface area contributed by atoms with Crippen molar-refractivity contribution in [3.8, 4) is 27.7 Å². The fraction of sp³-hybridized carbons (Fsp3) is 0.115. The Hall–Kier alpha value is -4.57. The quantitative estimate of drug-likeness (QED) is 0.398. The minimum absolute atomic E-state index is 0.159. The Morgan fingerprint density at radius 3 is 2.69 bits per heavy atom. The molecule has 0 bridgehead atoms. The van der Waals surface area contributed by atoms with Gasteiger partial charge in [0.1, 0.15) is 17.3 Å². The molecule has 0 aliphatic carbocycles. The molecule has 0 radical (unpaired) electrons. The molecule has 3 heterocycles. The largest absolute Gasteiger partial charge is 0.482 e. The Morgan fingerprint density at radius 2 is 1.94 bits per heavy atom. The molecular formula is C26H20N4O5S. The number of hydrogen-bond acceptors (Lipinski definition) is 8. The molecule has 10 heteroatoms. The lowest BCUT2D eigenvalue weighted by molar-refractivity contribution is -0.123. The minimum atomic E-state index is -0.466. The number of nitrogens with zero attached hydrogens (tertiary/aromatic N) is 3. The fourth-order valence-electron chi connectivity index (χ4n) is 3.70. The van der Waals surface area contributed by atoms with Crippen LogP contribution in [0.3, 0.4) is 0 Å². The van der Waals surface area contributed by atoms with Gasteiger partial charge in [-0.2, -0.15) is 0 Å². The van der Waals surface area contributed by atoms with Gasteiger partial charge in [-0.25, -0.2) is 9.78 Å². The molecule has 0 spiro atoms. The zero-order valence-electron chi connectivity index (χ0n) is 19.1. The number of carbonyl (C=O) groups excluding carboxylic acids is 3. The summed E-state index contributed by atoms with van der Waals surface area (Å²) in [6.07, 6.45) is 1.72. The molecule has 0 fully saturated rings. The molecule has 2 aromatic carbocycles. The summed E-state index contributed by atoms with van der Waals surface area (Å²) >= 11 is 1.47. The van der Waals surface area contributed by atoms with Crippen LogP contribution < -0.4 is 15.0 Å². The molecule has 0 unspecified atom stereocenters. The second-order valence-electron chi connectivity index (χ2n) is 7.82. The van der Waals surface area contributed by atoms with Crippen LogP contribution in [0.4, 0.5) is 11.4 Å². The van der Waals surface area contributed by atoms with E-state index in [2.05, 4.69) is 20.0 Å². The summed E-state index contributed by atoms with van der Waals surface area (Å²) < 4.78 is 10.3. The highest BCUT2D eigenvalue weighted by Gasteiger charge is 2.28. The molecule has 2 aromatic heterocycles. The van der Waals surface area contributed by atoms with Crippen LogP contribution in [0.2, 0.25) is 0 Å². The predicted octanol–water partition coefficient (Wildman–Crippen LogP) is 4.02. The van der Waals surface area contributed by atoms with E-state index in [1.54, 1.807) is 42.6 Å². The van der Waals surface area contributed by atoms with Crippen molar-refractivity contribution in [2.75, 3.05) is 30.5 Å². The van der Waals surface area contributed by atoms with Crippen molar-refractivity contribution in [3.05, 3.63) is 77.8 Å². The third-order valence-corrected chi connectivity index (χ3v) is 6.34. The van der Waals surface area contributed by atoms with Gasteiger partial charge in [0.25, 0.3) is 5.91 Å². The molecule has 1 N–H and O–H groups in total. The van der Waals surface area contributed by atoms with Gasteiger partial charge in [-0.05, 0) is 54.6 Å². The summed E-state index contributed by atoms with van der Waals surface area (Å²) in [5.74, 6) is -0.679. The number of rotatable bonds is 6. The molecule has 1 aliphatic rings. The molecular weight excluding hydrogens is 480 g/mol.